The van der Waals surface area contributed by atoms with Crippen LogP contribution in [0.5, 0.6) is 0 Å². The molecule has 0 spiro atoms. The van der Waals surface area contributed by atoms with Gasteiger partial charge in [-0.25, -0.2) is 4.98 Å². The summed E-state index contributed by atoms with van der Waals surface area (Å²) < 4.78 is 19.2. The summed E-state index contributed by atoms with van der Waals surface area (Å²) in [6.45, 7) is 7.21. The Labute approximate surface area is 175 Å². The van der Waals surface area contributed by atoms with E-state index in [1.165, 1.54) is 6.20 Å². The Kier molecular flexibility index (Phi) is 5.96. The van der Waals surface area contributed by atoms with Crippen LogP contribution in [0, 0.1) is 5.95 Å². The van der Waals surface area contributed by atoms with Crippen molar-refractivity contribution < 1.29 is 13.9 Å². The van der Waals surface area contributed by atoms with Crippen LogP contribution in [0.4, 0.5) is 10.1 Å². The summed E-state index contributed by atoms with van der Waals surface area (Å²) in [4.78, 5) is 20.6. The van der Waals surface area contributed by atoms with Crippen LogP contribution < -0.4 is 11.1 Å². The van der Waals surface area contributed by atoms with Gasteiger partial charge in [0.2, 0.25) is 5.95 Å². The summed E-state index contributed by atoms with van der Waals surface area (Å²) in [5.74, 6) is -0.528. The number of fused-ring (bicyclic) bond motifs is 1. The third kappa shape index (κ3) is 4.29. The number of nitrogens with one attached hydrogen (secondary N) is 1. The number of anilines is 1. The number of carbonyl (C=O) groups excluding carboxylic acids is 1. The van der Waals surface area contributed by atoms with Crippen LogP contribution >= 0.6 is 0 Å². The highest BCUT2D eigenvalue weighted by Crippen LogP contribution is 2.26. The zero-order valence-corrected chi connectivity index (χ0v) is 17.0. The largest absolute Gasteiger partial charge is 0.397 e. The van der Waals surface area contributed by atoms with Gasteiger partial charge in [-0.2, -0.15) is 4.39 Å². The van der Waals surface area contributed by atoms with Gasteiger partial charge in [-0.05, 0) is 42.3 Å². The number of morpholine rings is 1. The lowest BCUT2D eigenvalue weighted by Crippen LogP contribution is -2.41. The smallest absolute Gasteiger partial charge is 0.254 e. The monoisotopic (exact) mass is 411 g/mol. The number of hydrogen-bond donors (Lipinski definition) is 2. The van der Waals surface area contributed by atoms with E-state index in [1.54, 1.807) is 19.1 Å². The number of nitrogens with zero attached hydrogens (tertiary/aromatic N) is 3. The second kappa shape index (κ2) is 8.81. The summed E-state index contributed by atoms with van der Waals surface area (Å²) in [6.07, 6.45) is 1.39. The highest BCUT2D eigenvalue weighted by atomic mass is 19.1. The number of benzene rings is 1. The fourth-order valence-electron chi connectivity index (χ4n) is 3.78. The number of ether oxygens (including phenoxy) is 1. The van der Waals surface area contributed by atoms with Gasteiger partial charge < -0.3 is 20.7 Å². The van der Waals surface area contributed by atoms with Crippen LogP contribution in [-0.4, -0.2) is 60.1 Å². The molecule has 0 atom stereocenters. The Morgan fingerprint density at radius 2 is 2.07 bits per heavy atom. The summed E-state index contributed by atoms with van der Waals surface area (Å²) in [5.41, 5.74) is 10.2. The van der Waals surface area contributed by atoms with Gasteiger partial charge in [-0.1, -0.05) is 6.07 Å². The molecule has 0 saturated carbocycles. The van der Waals surface area contributed by atoms with Crippen LogP contribution in [-0.2, 0) is 11.3 Å². The van der Waals surface area contributed by atoms with E-state index in [4.69, 9.17) is 10.5 Å². The molecule has 2 aliphatic heterocycles. The lowest BCUT2D eigenvalue weighted by atomic mass is 10.0. The molecule has 7 nitrogen and oxygen atoms in total. The van der Waals surface area contributed by atoms with Crippen molar-refractivity contribution in [1.29, 1.82) is 0 Å². The minimum atomic E-state index is -0.583. The average molecular weight is 411 g/mol. The Hall–Kier alpha value is -2.97. The quantitative estimate of drug-likeness (QED) is 0.710. The third-order valence-electron chi connectivity index (χ3n) is 5.57. The van der Waals surface area contributed by atoms with Gasteiger partial charge >= 0.3 is 0 Å². The second-order valence-corrected chi connectivity index (χ2v) is 7.56. The first-order valence-electron chi connectivity index (χ1n) is 10.1. The first-order chi connectivity index (χ1) is 14.5. The summed E-state index contributed by atoms with van der Waals surface area (Å²) in [5, 5.41) is 2.97. The number of amides is 1. The number of aromatic nitrogens is 1. The molecule has 1 aromatic heterocycles. The third-order valence-corrected chi connectivity index (χ3v) is 5.57. The van der Waals surface area contributed by atoms with Gasteiger partial charge in [0.05, 0.1) is 24.6 Å². The molecule has 1 fully saturated rings. The van der Waals surface area contributed by atoms with E-state index in [9.17, 15) is 9.18 Å². The number of carbonyl (C=O) groups is 1. The van der Waals surface area contributed by atoms with Gasteiger partial charge in [0, 0.05) is 50.2 Å². The highest BCUT2D eigenvalue weighted by Gasteiger charge is 2.28. The van der Waals surface area contributed by atoms with Gasteiger partial charge in [0.1, 0.15) is 0 Å². The standard InChI is InChI=1S/C22H26FN5O2/c1-15(26-19-3-2-6-25-21(19)23)20(24)16-4-5-18-17(13-16)14-28(22(18)29)8-7-27-9-11-30-12-10-27/h2-6,13,26H,7-12,14,24H2,1H3/b20-15-. The highest BCUT2D eigenvalue weighted by molar-refractivity contribution is 5.98. The van der Waals surface area contributed by atoms with Gasteiger partial charge in [0.25, 0.3) is 5.91 Å². The lowest BCUT2D eigenvalue weighted by Gasteiger charge is -2.28. The summed E-state index contributed by atoms with van der Waals surface area (Å²) in [7, 11) is 0. The Morgan fingerprint density at radius 3 is 2.83 bits per heavy atom. The Balaban J connectivity index is 1.45. The maximum Gasteiger partial charge on any atom is 0.254 e. The van der Waals surface area contributed by atoms with E-state index in [0.29, 0.717) is 24.5 Å². The van der Waals surface area contributed by atoms with Crippen molar-refractivity contribution in [3.8, 4) is 0 Å². The van der Waals surface area contributed by atoms with Crippen molar-refractivity contribution in [3.05, 3.63) is 64.9 Å². The fraction of sp³-hybridized carbons (Fsp3) is 0.364. The van der Waals surface area contributed by atoms with Crippen molar-refractivity contribution in [3.63, 3.8) is 0 Å². The van der Waals surface area contributed by atoms with E-state index >= 15 is 0 Å². The van der Waals surface area contributed by atoms with E-state index in [1.807, 2.05) is 23.1 Å². The van der Waals surface area contributed by atoms with E-state index in [2.05, 4.69) is 15.2 Å². The SMILES string of the molecule is C/C(Nc1cccnc1F)=C(/N)c1ccc2c(c1)CN(CCN1CCOCC1)C2=O. The van der Waals surface area contributed by atoms with Crippen LogP contribution in [0.25, 0.3) is 5.70 Å². The van der Waals surface area contributed by atoms with Crippen molar-refractivity contribution in [2.75, 3.05) is 44.7 Å². The Morgan fingerprint density at radius 1 is 1.27 bits per heavy atom. The van der Waals surface area contributed by atoms with Crippen molar-refractivity contribution in [2.45, 2.75) is 13.5 Å². The molecule has 0 unspecified atom stereocenters. The molecule has 0 bridgehead atoms. The average Bonchev–Trinajstić information content (AvgIpc) is 3.09. The van der Waals surface area contributed by atoms with Crippen LogP contribution in [0.2, 0.25) is 0 Å². The number of pyridine rings is 1. The summed E-state index contributed by atoms with van der Waals surface area (Å²) >= 11 is 0. The van der Waals surface area contributed by atoms with Crippen molar-refractivity contribution in [1.82, 2.24) is 14.8 Å². The molecule has 1 saturated heterocycles. The molecule has 2 aliphatic rings. The zero-order chi connectivity index (χ0) is 21.1. The molecule has 2 aromatic rings. The molecule has 30 heavy (non-hydrogen) atoms. The number of allylic oxidation sites excluding steroid dienone is 1. The van der Waals surface area contributed by atoms with Crippen molar-refractivity contribution in [2.24, 2.45) is 5.73 Å². The van der Waals surface area contributed by atoms with Crippen LogP contribution in [0.15, 0.2) is 42.2 Å². The molecule has 0 radical (unpaired) electrons. The van der Waals surface area contributed by atoms with E-state index in [-0.39, 0.29) is 11.6 Å². The predicted octanol–water partition coefficient (Wildman–Crippen LogP) is 2.27. The Bertz CT molecular complexity index is 972. The minimum absolute atomic E-state index is 0.0552. The van der Waals surface area contributed by atoms with Crippen LogP contribution in [0.3, 0.4) is 0 Å². The first-order valence-corrected chi connectivity index (χ1v) is 10.1. The maximum atomic E-state index is 13.8. The molecular weight excluding hydrogens is 385 g/mol. The first kappa shape index (κ1) is 20.3. The molecule has 0 aliphatic carbocycles. The fourth-order valence-corrected chi connectivity index (χ4v) is 3.78. The van der Waals surface area contributed by atoms with Gasteiger partial charge in [0.15, 0.2) is 0 Å². The molecule has 1 amide bonds. The number of hydrogen-bond acceptors (Lipinski definition) is 6. The second-order valence-electron chi connectivity index (χ2n) is 7.56. The molecule has 1 aromatic carbocycles. The topological polar surface area (TPSA) is 83.7 Å². The number of rotatable bonds is 6. The van der Waals surface area contributed by atoms with Gasteiger partial charge in [-0.15, -0.1) is 0 Å². The van der Waals surface area contributed by atoms with E-state index in [0.717, 1.165) is 49.5 Å². The van der Waals surface area contributed by atoms with Gasteiger partial charge in [-0.3, -0.25) is 9.69 Å². The number of halogens is 1. The molecule has 8 heteroatoms. The molecule has 158 valence electrons. The maximum absolute atomic E-state index is 13.8. The molecule has 3 heterocycles. The zero-order valence-electron chi connectivity index (χ0n) is 17.0. The molecular formula is C22H26FN5O2. The normalized spacial score (nSPS) is 17.7. The minimum Gasteiger partial charge on any atom is -0.397 e. The number of nitrogens with two attached hydrogens (primary N) is 1. The van der Waals surface area contributed by atoms with Crippen molar-refractivity contribution >= 4 is 17.3 Å². The summed E-state index contributed by atoms with van der Waals surface area (Å²) in [6, 6.07) is 8.87. The van der Waals surface area contributed by atoms with Crippen LogP contribution in [0.1, 0.15) is 28.4 Å². The lowest BCUT2D eigenvalue weighted by molar-refractivity contribution is 0.0327. The molecule has 4 rings (SSSR count). The molecule has 3 N–H and O–H groups in total. The predicted molar refractivity (Wildman–Crippen MR) is 113 cm³/mol. The van der Waals surface area contributed by atoms with E-state index < -0.39 is 5.95 Å².